The molecule has 1 aliphatic rings. The summed E-state index contributed by atoms with van der Waals surface area (Å²) in [6.07, 6.45) is -0.313. The van der Waals surface area contributed by atoms with Gasteiger partial charge in [0.05, 0.1) is 12.2 Å². The van der Waals surface area contributed by atoms with Gasteiger partial charge in [0.15, 0.2) is 0 Å². The molecule has 1 aliphatic heterocycles. The number of hydrogen-bond acceptors (Lipinski definition) is 4. The van der Waals surface area contributed by atoms with Crippen LogP contribution in [0.25, 0.3) is 0 Å². The van der Waals surface area contributed by atoms with E-state index in [1.54, 1.807) is 0 Å². The molecule has 7 heteroatoms. The largest absolute Gasteiger partial charge is 0.352 e. The number of aromatic nitrogens is 2. The molecule has 1 fully saturated rings. The van der Waals surface area contributed by atoms with E-state index in [1.165, 1.54) is 0 Å². The van der Waals surface area contributed by atoms with Crippen molar-refractivity contribution in [1.82, 2.24) is 9.97 Å². The molecule has 0 saturated carbocycles. The van der Waals surface area contributed by atoms with Crippen LogP contribution < -0.4 is 0 Å². The van der Waals surface area contributed by atoms with Gasteiger partial charge < -0.3 is 9.47 Å². The first-order valence-corrected chi connectivity index (χ1v) is 4.89. The Morgan fingerprint density at radius 2 is 1.79 bits per heavy atom. The molecule has 0 aliphatic carbocycles. The molecule has 0 bridgehead atoms. The van der Waals surface area contributed by atoms with Crippen molar-refractivity contribution >= 4 is 34.8 Å². The Balaban J connectivity index is 2.40. The molecule has 0 aromatic carbocycles. The van der Waals surface area contributed by atoms with Gasteiger partial charge in [0.25, 0.3) is 0 Å². The van der Waals surface area contributed by atoms with Crippen molar-refractivity contribution in [3.05, 3.63) is 21.2 Å². The number of rotatable bonds is 1. The first-order valence-electron chi connectivity index (χ1n) is 3.76. The number of hydrogen-bond donors (Lipinski definition) is 0. The van der Waals surface area contributed by atoms with Crippen molar-refractivity contribution < 1.29 is 9.47 Å². The van der Waals surface area contributed by atoms with Crippen LogP contribution in [0.15, 0.2) is 0 Å². The molecular weight excluding hydrogens is 250 g/mol. The topological polar surface area (TPSA) is 44.2 Å². The smallest absolute Gasteiger partial charge is 0.225 e. The second-order valence-electron chi connectivity index (χ2n) is 2.63. The highest BCUT2D eigenvalue weighted by atomic mass is 35.5. The van der Waals surface area contributed by atoms with Crippen LogP contribution in [0.5, 0.6) is 0 Å². The Hall–Kier alpha value is -0.130. The molecule has 0 N–H and O–H groups in total. The third-order valence-electron chi connectivity index (χ3n) is 1.77. The zero-order valence-corrected chi connectivity index (χ0v) is 9.10. The van der Waals surface area contributed by atoms with E-state index in [0.717, 1.165) is 0 Å². The van der Waals surface area contributed by atoms with E-state index in [-0.39, 0.29) is 28.5 Å². The predicted octanol–water partition coefficient (Wildman–Crippen LogP) is 2.48. The molecule has 0 amide bonds. The lowest BCUT2D eigenvalue weighted by Crippen LogP contribution is -2.04. The van der Waals surface area contributed by atoms with E-state index >= 15 is 0 Å². The third-order valence-corrected chi connectivity index (χ3v) is 2.51. The average molecular weight is 255 g/mol. The molecule has 4 nitrogen and oxygen atoms in total. The van der Waals surface area contributed by atoms with Crippen LogP contribution in [-0.2, 0) is 9.47 Å². The van der Waals surface area contributed by atoms with Crippen molar-refractivity contribution in [2.45, 2.75) is 6.10 Å². The quantitative estimate of drug-likeness (QED) is 0.571. The molecule has 1 aromatic rings. The van der Waals surface area contributed by atoms with Crippen molar-refractivity contribution in [2.75, 3.05) is 13.4 Å². The molecule has 2 rings (SSSR count). The van der Waals surface area contributed by atoms with E-state index in [1.807, 2.05) is 0 Å². The minimum atomic E-state index is -0.313. The minimum absolute atomic E-state index is 0.0164. The molecule has 1 atom stereocenters. The molecule has 2 heterocycles. The highest BCUT2D eigenvalue weighted by Gasteiger charge is 2.25. The van der Waals surface area contributed by atoms with Crippen LogP contribution in [0, 0.1) is 0 Å². The molecule has 1 saturated heterocycles. The first kappa shape index (κ1) is 10.4. The van der Waals surface area contributed by atoms with Crippen LogP contribution in [0.4, 0.5) is 0 Å². The fourth-order valence-electron chi connectivity index (χ4n) is 1.16. The highest BCUT2D eigenvalue weighted by Crippen LogP contribution is 2.33. The molecule has 0 spiro atoms. The monoisotopic (exact) mass is 254 g/mol. The summed E-state index contributed by atoms with van der Waals surface area (Å²) in [5.41, 5.74) is 0.523. The van der Waals surface area contributed by atoms with E-state index in [2.05, 4.69) is 9.97 Å². The molecule has 1 unspecified atom stereocenters. The van der Waals surface area contributed by atoms with Gasteiger partial charge in [-0.05, 0) is 11.6 Å². The van der Waals surface area contributed by atoms with Crippen LogP contribution in [0.1, 0.15) is 11.7 Å². The Bertz CT molecular complexity index is 332. The fraction of sp³-hybridized carbons (Fsp3) is 0.429. The Morgan fingerprint density at radius 3 is 2.29 bits per heavy atom. The maximum Gasteiger partial charge on any atom is 0.225 e. The van der Waals surface area contributed by atoms with Gasteiger partial charge in [0.2, 0.25) is 5.28 Å². The molecule has 14 heavy (non-hydrogen) atoms. The summed E-state index contributed by atoms with van der Waals surface area (Å²) in [5, 5.41) is 0.415. The van der Waals surface area contributed by atoms with Crippen molar-refractivity contribution in [3.63, 3.8) is 0 Å². The van der Waals surface area contributed by atoms with Gasteiger partial charge in [-0.2, -0.15) is 0 Å². The zero-order valence-electron chi connectivity index (χ0n) is 6.84. The average Bonchev–Trinajstić information content (AvgIpc) is 2.54. The minimum Gasteiger partial charge on any atom is -0.352 e. The van der Waals surface area contributed by atoms with E-state index in [4.69, 9.17) is 44.3 Å². The van der Waals surface area contributed by atoms with Gasteiger partial charge in [-0.15, -0.1) is 0 Å². The Kier molecular flexibility index (Phi) is 3.09. The SMILES string of the molecule is Clc1nc(Cl)c(C2COCO2)c(Cl)n1. The van der Waals surface area contributed by atoms with Gasteiger partial charge in [0.1, 0.15) is 23.2 Å². The molecule has 1 aromatic heterocycles. The Morgan fingerprint density at radius 1 is 1.14 bits per heavy atom. The Labute approximate surface area is 95.1 Å². The second-order valence-corrected chi connectivity index (χ2v) is 3.69. The number of ether oxygens (including phenoxy) is 2. The predicted molar refractivity (Wildman–Crippen MR) is 51.7 cm³/mol. The molecular formula is C7H5Cl3N2O2. The van der Waals surface area contributed by atoms with Crippen LogP contribution in [-0.4, -0.2) is 23.4 Å². The lowest BCUT2D eigenvalue weighted by molar-refractivity contribution is 0.0465. The molecule has 0 radical (unpaired) electrons. The van der Waals surface area contributed by atoms with Gasteiger partial charge in [0, 0.05) is 0 Å². The van der Waals surface area contributed by atoms with E-state index in [9.17, 15) is 0 Å². The maximum absolute atomic E-state index is 5.86. The van der Waals surface area contributed by atoms with Crippen molar-refractivity contribution in [2.24, 2.45) is 0 Å². The standard InChI is InChI=1S/C7H5Cl3N2O2/c8-5-4(3-1-13-2-14-3)6(9)12-7(10)11-5/h3H,1-2H2. The van der Waals surface area contributed by atoms with Crippen molar-refractivity contribution in [3.8, 4) is 0 Å². The van der Waals surface area contributed by atoms with Gasteiger partial charge >= 0.3 is 0 Å². The van der Waals surface area contributed by atoms with E-state index in [0.29, 0.717) is 12.2 Å². The summed E-state index contributed by atoms with van der Waals surface area (Å²) in [6, 6.07) is 0. The summed E-state index contributed by atoms with van der Waals surface area (Å²) < 4.78 is 10.3. The summed E-state index contributed by atoms with van der Waals surface area (Å²) in [4.78, 5) is 7.56. The lowest BCUT2D eigenvalue weighted by atomic mass is 10.2. The maximum atomic E-state index is 5.86. The second kappa shape index (κ2) is 4.16. The van der Waals surface area contributed by atoms with Gasteiger partial charge in [-0.25, -0.2) is 9.97 Å². The summed E-state index contributed by atoms with van der Waals surface area (Å²) in [7, 11) is 0. The third kappa shape index (κ3) is 1.94. The van der Waals surface area contributed by atoms with Crippen LogP contribution in [0.2, 0.25) is 15.6 Å². The lowest BCUT2D eigenvalue weighted by Gasteiger charge is -2.10. The summed E-state index contributed by atoms with van der Waals surface area (Å²) >= 11 is 17.3. The number of nitrogens with zero attached hydrogens (tertiary/aromatic N) is 2. The summed E-state index contributed by atoms with van der Waals surface area (Å²) in [6.45, 7) is 0.615. The zero-order chi connectivity index (χ0) is 10.1. The molecule has 76 valence electrons. The fourth-order valence-corrected chi connectivity index (χ4v) is 2.04. The number of halogens is 3. The first-order chi connectivity index (χ1) is 6.68. The summed E-state index contributed by atoms with van der Waals surface area (Å²) in [5.74, 6) is 0. The normalized spacial score (nSPS) is 21.5. The van der Waals surface area contributed by atoms with Crippen LogP contribution in [0.3, 0.4) is 0 Å². The van der Waals surface area contributed by atoms with Crippen molar-refractivity contribution in [1.29, 1.82) is 0 Å². The van der Waals surface area contributed by atoms with Gasteiger partial charge in [-0.3, -0.25) is 0 Å². The van der Waals surface area contributed by atoms with Gasteiger partial charge in [-0.1, -0.05) is 23.2 Å². The van der Waals surface area contributed by atoms with Crippen LogP contribution >= 0.6 is 34.8 Å². The highest BCUT2D eigenvalue weighted by molar-refractivity contribution is 6.36. The van der Waals surface area contributed by atoms with E-state index < -0.39 is 0 Å².